The molecule has 106 valence electrons. The van der Waals surface area contributed by atoms with Crippen LogP contribution < -0.4 is 5.32 Å². The standard InChI is InChI=1S/C16H27N3/c1-19(14-10-16-8-3-5-12-18-16)13-6-9-15-7-2-4-11-17-15/h3,5,8,12,15,17H,2,4,6-7,9-11,13-14H2,1H3. The molecule has 0 amide bonds. The number of likely N-dealkylation sites (N-methyl/N-ethyl adjacent to an activating group) is 1. The van der Waals surface area contributed by atoms with Gasteiger partial charge in [-0.25, -0.2) is 0 Å². The van der Waals surface area contributed by atoms with Gasteiger partial charge in [0.2, 0.25) is 0 Å². The van der Waals surface area contributed by atoms with Gasteiger partial charge in [-0.05, 0) is 58.0 Å². The number of rotatable bonds is 7. The molecule has 2 rings (SSSR count). The highest BCUT2D eigenvalue weighted by molar-refractivity contribution is 5.03. The zero-order valence-corrected chi connectivity index (χ0v) is 12.1. The van der Waals surface area contributed by atoms with Gasteiger partial charge in [-0.3, -0.25) is 4.98 Å². The Morgan fingerprint density at radius 2 is 2.26 bits per heavy atom. The maximum Gasteiger partial charge on any atom is 0.0416 e. The minimum Gasteiger partial charge on any atom is -0.314 e. The normalized spacial score (nSPS) is 19.8. The summed E-state index contributed by atoms with van der Waals surface area (Å²) in [5, 5.41) is 3.62. The molecule has 1 unspecified atom stereocenters. The quantitative estimate of drug-likeness (QED) is 0.817. The van der Waals surface area contributed by atoms with Crippen molar-refractivity contribution in [2.24, 2.45) is 0 Å². The van der Waals surface area contributed by atoms with Crippen LogP contribution in [0.4, 0.5) is 0 Å². The molecule has 2 heterocycles. The monoisotopic (exact) mass is 261 g/mol. The number of nitrogens with one attached hydrogen (secondary N) is 1. The molecule has 0 bridgehead atoms. The molecule has 1 fully saturated rings. The molecule has 0 saturated carbocycles. The summed E-state index contributed by atoms with van der Waals surface area (Å²) in [6.07, 6.45) is 9.71. The van der Waals surface area contributed by atoms with Gasteiger partial charge in [-0.15, -0.1) is 0 Å². The summed E-state index contributed by atoms with van der Waals surface area (Å²) in [6, 6.07) is 6.93. The second-order valence-electron chi connectivity index (χ2n) is 5.66. The van der Waals surface area contributed by atoms with Crippen molar-refractivity contribution in [3.8, 4) is 0 Å². The molecule has 0 spiro atoms. The summed E-state index contributed by atoms with van der Waals surface area (Å²) in [5.74, 6) is 0. The van der Waals surface area contributed by atoms with E-state index in [9.17, 15) is 0 Å². The smallest absolute Gasteiger partial charge is 0.0416 e. The van der Waals surface area contributed by atoms with E-state index in [2.05, 4.69) is 34.4 Å². The molecule has 0 radical (unpaired) electrons. The first-order valence-electron chi connectivity index (χ1n) is 7.66. The van der Waals surface area contributed by atoms with Gasteiger partial charge in [0, 0.05) is 30.9 Å². The molecule has 1 aliphatic rings. The van der Waals surface area contributed by atoms with Crippen molar-refractivity contribution >= 4 is 0 Å². The van der Waals surface area contributed by atoms with Crippen molar-refractivity contribution < 1.29 is 0 Å². The van der Waals surface area contributed by atoms with Crippen LogP contribution in [-0.2, 0) is 6.42 Å². The molecule has 0 aromatic carbocycles. The molecule has 1 aromatic rings. The summed E-state index contributed by atoms with van der Waals surface area (Å²) in [7, 11) is 2.22. The van der Waals surface area contributed by atoms with Gasteiger partial charge >= 0.3 is 0 Å². The Kier molecular flexibility index (Phi) is 6.31. The lowest BCUT2D eigenvalue weighted by Crippen LogP contribution is -2.34. The first-order chi connectivity index (χ1) is 9.34. The van der Waals surface area contributed by atoms with Crippen LogP contribution in [0.3, 0.4) is 0 Å². The lowest BCUT2D eigenvalue weighted by Gasteiger charge is -2.24. The zero-order valence-electron chi connectivity index (χ0n) is 12.1. The summed E-state index contributed by atoms with van der Waals surface area (Å²) < 4.78 is 0. The first kappa shape index (κ1) is 14.5. The molecule has 1 aliphatic heterocycles. The van der Waals surface area contributed by atoms with Crippen LogP contribution in [0.15, 0.2) is 24.4 Å². The maximum atomic E-state index is 4.37. The number of hydrogen-bond donors (Lipinski definition) is 1. The van der Waals surface area contributed by atoms with Crippen molar-refractivity contribution in [1.82, 2.24) is 15.2 Å². The lowest BCUT2D eigenvalue weighted by atomic mass is 10.0. The van der Waals surface area contributed by atoms with Crippen molar-refractivity contribution in [2.45, 2.75) is 44.6 Å². The van der Waals surface area contributed by atoms with Crippen LogP contribution in [0, 0.1) is 0 Å². The molecular formula is C16H27N3. The Balaban J connectivity index is 1.55. The average molecular weight is 261 g/mol. The predicted octanol–water partition coefficient (Wildman–Crippen LogP) is 2.48. The van der Waals surface area contributed by atoms with Crippen LogP contribution >= 0.6 is 0 Å². The molecule has 1 N–H and O–H groups in total. The van der Waals surface area contributed by atoms with E-state index >= 15 is 0 Å². The Bertz CT molecular complexity index is 333. The largest absolute Gasteiger partial charge is 0.314 e. The number of pyridine rings is 1. The van der Waals surface area contributed by atoms with E-state index in [0.29, 0.717) is 0 Å². The van der Waals surface area contributed by atoms with Crippen molar-refractivity contribution in [2.75, 3.05) is 26.7 Å². The Morgan fingerprint density at radius 3 is 3.00 bits per heavy atom. The van der Waals surface area contributed by atoms with E-state index < -0.39 is 0 Å². The van der Waals surface area contributed by atoms with Crippen LogP contribution in [0.1, 0.15) is 37.8 Å². The first-order valence-corrected chi connectivity index (χ1v) is 7.66. The summed E-state index contributed by atoms with van der Waals surface area (Å²) in [4.78, 5) is 6.80. The van der Waals surface area contributed by atoms with Gasteiger partial charge in [0.1, 0.15) is 0 Å². The molecule has 3 heteroatoms. The maximum absolute atomic E-state index is 4.37. The predicted molar refractivity (Wildman–Crippen MR) is 80.3 cm³/mol. The Labute approximate surface area is 117 Å². The van der Waals surface area contributed by atoms with E-state index in [1.54, 1.807) is 0 Å². The van der Waals surface area contributed by atoms with Gasteiger partial charge in [0.05, 0.1) is 0 Å². The summed E-state index contributed by atoms with van der Waals surface area (Å²) >= 11 is 0. The Morgan fingerprint density at radius 1 is 1.32 bits per heavy atom. The molecule has 1 atom stereocenters. The number of hydrogen-bond acceptors (Lipinski definition) is 3. The SMILES string of the molecule is CN(CCCC1CCCCN1)CCc1ccccn1. The third-order valence-electron chi connectivity index (χ3n) is 3.98. The number of nitrogens with zero attached hydrogens (tertiary/aromatic N) is 2. The van der Waals surface area contributed by atoms with Crippen molar-refractivity contribution in [3.05, 3.63) is 30.1 Å². The fraction of sp³-hybridized carbons (Fsp3) is 0.688. The highest BCUT2D eigenvalue weighted by Gasteiger charge is 2.11. The minimum atomic E-state index is 0.776. The molecule has 0 aliphatic carbocycles. The third-order valence-corrected chi connectivity index (χ3v) is 3.98. The van der Waals surface area contributed by atoms with Crippen LogP contribution in [-0.4, -0.2) is 42.6 Å². The highest BCUT2D eigenvalue weighted by Crippen LogP contribution is 2.11. The van der Waals surface area contributed by atoms with Crippen LogP contribution in [0.25, 0.3) is 0 Å². The van der Waals surface area contributed by atoms with E-state index in [4.69, 9.17) is 0 Å². The number of piperidine rings is 1. The van der Waals surface area contributed by atoms with E-state index in [0.717, 1.165) is 19.0 Å². The van der Waals surface area contributed by atoms with Crippen LogP contribution in [0.2, 0.25) is 0 Å². The molecular weight excluding hydrogens is 234 g/mol. The van der Waals surface area contributed by atoms with E-state index in [-0.39, 0.29) is 0 Å². The third kappa shape index (κ3) is 5.70. The van der Waals surface area contributed by atoms with Crippen LogP contribution in [0.5, 0.6) is 0 Å². The molecule has 3 nitrogen and oxygen atoms in total. The van der Waals surface area contributed by atoms with Gasteiger partial charge in [-0.1, -0.05) is 12.5 Å². The van der Waals surface area contributed by atoms with Gasteiger partial charge in [0.25, 0.3) is 0 Å². The van der Waals surface area contributed by atoms with Gasteiger partial charge in [-0.2, -0.15) is 0 Å². The second-order valence-corrected chi connectivity index (χ2v) is 5.66. The zero-order chi connectivity index (χ0) is 13.3. The molecule has 19 heavy (non-hydrogen) atoms. The van der Waals surface area contributed by atoms with Gasteiger partial charge in [0.15, 0.2) is 0 Å². The Hall–Kier alpha value is -0.930. The molecule has 1 saturated heterocycles. The number of aromatic nitrogens is 1. The van der Waals surface area contributed by atoms with E-state index in [1.807, 2.05) is 12.3 Å². The fourth-order valence-electron chi connectivity index (χ4n) is 2.74. The van der Waals surface area contributed by atoms with Crippen molar-refractivity contribution in [3.63, 3.8) is 0 Å². The topological polar surface area (TPSA) is 28.2 Å². The lowest BCUT2D eigenvalue weighted by molar-refractivity contribution is 0.305. The van der Waals surface area contributed by atoms with Gasteiger partial charge < -0.3 is 10.2 Å². The second kappa shape index (κ2) is 8.28. The minimum absolute atomic E-state index is 0.776. The van der Waals surface area contributed by atoms with Crippen molar-refractivity contribution in [1.29, 1.82) is 0 Å². The summed E-state index contributed by atoms with van der Waals surface area (Å²) in [6.45, 7) is 3.53. The van der Waals surface area contributed by atoms with E-state index in [1.165, 1.54) is 50.9 Å². The molecule has 1 aromatic heterocycles. The fourth-order valence-corrected chi connectivity index (χ4v) is 2.74. The highest BCUT2D eigenvalue weighted by atomic mass is 15.1. The average Bonchev–Trinajstić information content (AvgIpc) is 2.47. The summed E-state index contributed by atoms with van der Waals surface area (Å²) in [5.41, 5.74) is 1.20.